The van der Waals surface area contributed by atoms with Crippen LogP contribution in [0.15, 0.2) is 80.2 Å². The molecule has 3 aliphatic rings. The number of nitrogens with zero attached hydrogens (tertiary/aromatic N) is 4. The molecule has 0 aliphatic carbocycles. The molecule has 1 amide bonds. The van der Waals surface area contributed by atoms with Gasteiger partial charge in [-0.2, -0.15) is 9.30 Å². The fraction of sp³-hybridized carbons (Fsp3) is 0.208. The highest BCUT2D eigenvalue weighted by Gasteiger charge is 2.29. The second-order valence-electron chi connectivity index (χ2n) is 8.00. The second kappa shape index (κ2) is 9.79. The Morgan fingerprint density at radius 1 is 1.11 bits per heavy atom. The van der Waals surface area contributed by atoms with Gasteiger partial charge in [0, 0.05) is 41.4 Å². The minimum absolute atomic E-state index is 0.0427. The van der Waals surface area contributed by atoms with E-state index in [-0.39, 0.29) is 34.4 Å². The first-order valence-corrected chi connectivity index (χ1v) is 13.4. The third-order valence-corrected chi connectivity index (χ3v) is 8.61. The van der Waals surface area contributed by atoms with E-state index >= 15 is 0 Å². The molecule has 3 aliphatic heterocycles. The van der Waals surface area contributed by atoms with Gasteiger partial charge >= 0.3 is 0 Å². The molecule has 0 atom stereocenters. The zero-order valence-corrected chi connectivity index (χ0v) is 21.6. The lowest BCUT2D eigenvalue weighted by Crippen LogP contribution is -2.40. The Hall–Kier alpha value is -2.63. The van der Waals surface area contributed by atoms with Crippen LogP contribution in [0.5, 0.6) is 0 Å². The van der Waals surface area contributed by atoms with Crippen molar-refractivity contribution in [1.29, 1.82) is 0 Å². The molecule has 11 heteroatoms. The summed E-state index contributed by atoms with van der Waals surface area (Å²) in [5, 5.41) is 0.0427. The van der Waals surface area contributed by atoms with E-state index in [0.717, 1.165) is 15.6 Å². The van der Waals surface area contributed by atoms with Gasteiger partial charge in [0.05, 0.1) is 18.2 Å². The quantitative estimate of drug-likeness (QED) is 0.552. The summed E-state index contributed by atoms with van der Waals surface area (Å²) in [6.45, 7) is 1.62. The van der Waals surface area contributed by atoms with Crippen molar-refractivity contribution in [3.8, 4) is 0 Å². The maximum Gasteiger partial charge on any atom is 0.279 e. The average molecular weight is 576 g/mol. The molecule has 0 bridgehead atoms. The van der Waals surface area contributed by atoms with Gasteiger partial charge in [0.2, 0.25) is 10.0 Å². The van der Waals surface area contributed by atoms with Crippen LogP contribution in [0.1, 0.15) is 21.5 Å². The number of aliphatic imine (C=N–C) groups is 2. The Balaban J connectivity index is 1.54. The molecule has 3 heterocycles. The molecule has 1 saturated heterocycles. The van der Waals surface area contributed by atoms with Crippen molar-refractivity contribution < 1.29 is 17.9 Å². The maximum absolute atomic E-state index is 13.2. The van der Waals surface area contributed by atoms with E-state index in [4.69, 9.17) is 16.3 Å². The minimum Gasteiger partial charge on any atom is -0.379 e. The average Bonchev–Trinajstić information content (AvgIpc) is 3.00. The first kappa shape index (κ1) is 24.1. The lowest BCUT2D eigenvalue weighted by molar-refractivity contribution is 0.0730. The first-order valence-electron chi connectivity index (χ1n) is 10.8. The first-order chi connectivity index (χ1) is 16.8. The van der Waals surface area contributed by atoms with Crippen LogP contribution in [-0.4, -0.2) is 61.5 Å². The van der Waals surface area contributed by atoms with Crippen molar-refractivity contribution in [2.45, 2.75) is 11.4 Å². The number of hydrogen-bond donors (Lipinski definition) is 0. The van der Waals surface area contributed by atoms with E-state index < -0.39 is 15.9 Å². The number of allylic oxidation sites excluding steroid dienone is 2. The van der Waals surface area contributed by atoms with Crippen LogP contribution >= 0.6 is 27.5 Å². The number of halogens is 2. The fourth-order valence-corrected chi connectivity index (χ4v) is 6.26. The number of morpholine rings is 1. The summed E-state index contributed by atoms with van der Waals surface area (Å²) in [4.78, 5) is 24.0. The van der Waals surface area contributed by atoms with Crippen LogP contribution in [0.4, 0.5) is 0 Å². The number of rotatable bonds is 3. The molecular weight excluding hydrogens is 556 g/mol. The monoisotopic (exact) mass is 574 g/mol. The van der Waals surface area contributed by atoms with Gasteiger partial charge < -0.3 is 9.64 Å². The molecule has 2 aromatic carbocycles. The van der Waals surface area contributed by atoms with Crippen LogP contribution in [0.25, 0.3) is 0 Å². The van der Waals surface area contributed by atoms with Gasteiger partial charge in [-0.15, -0.1) is 0 Å². The smallest absolute Gasteiger partial charge is 0.279 e. The van der Waals surface area contributed by atoms with Crippen molar-refractivity contribution >= 4 is 55.1 Å². The van der Waals surface area contributed by atoms with Gasteiger partial charge in [-0.3, -0.25) is 4.79 Å². The van der Waals surface area contributed by atoms with Crippen LogP contribution in [0, 0.1) is 0 Å². The highest BCUT2D eigenvalue weighted by atomic mass is 79.9. The summed E-state index contributed by atoms with van der Waals surface area (Å²) in [5.41, 5.74) is 1.79. The zero-order chi connectivity index (χ0) is 24.6. The van der Waals surface area contributed by atoms with E-state index in [1.54, 1.807) is 0 Å². The molecule has 1 fully saturated rings. The number of carbonyl (C=O) groups excluding carboxylic acids is 1. The molecule has 0 radical (unpaired) electrons. The largest absolute Gasteiger partial charge is 0.379 e. The summed E-state index contributed by atoms with van der Waals surface area (Å²) in [6, 6.07) is 11.8. The molecule has 0 aromatic heterocycles. The van der Waals surface area contributed by atoms with Crippen LogP contribution < -0.4 is 0 Å². The molecule has 2 aromatic rings. The van der Waals surface area contributed by atoms with Crippen LogP contribution in [-0.2, 0) is 21.3 Å². The molecule has 35 heavy (non-hydrogen) atoms. The van der Waals surface area contributed by atoms with Gasteiger partial charge in [-0.1, -0.05) is 35.9 Å². The summed E-state index contributed by atoms with van der Waals surface area (Å²) in [6.07, 6.45) is 5.63. The van der Waals surface area contributed by atoms with Crippen LogP contribution in [0.2, 0.25) is 5.02 Å². The van der Waals surface area contributed by atoms with Gasteiger partial charge in [0.1, 0.15) is 10.7 Å². The van der Waals surface area contributed by atoms with E-state index in [2.05, 4.69) is 25.9 Å². The number of ether oxygens (including phenoxy) is 1. The predicted octanol–water partition coefficient (Wildman–Crippen LogP) is 3.97. The number of fused-ring (bicyclic) bond motifs is 2. The summed E-state index contributed by atoms with van der Waals surface area (Å²) in [7, 11) is -3.89. The Morgan fingerprint density at radius 2 is 1.89 bits per heavy atom. The molecule has 5 rings (SSSR count). The number of amidine groups is 2. The van der Waals surface area contributed by atoms with Gasteiger partial charge in [-0.25, -0.2) is 13.4 Å². The third kappa shape index (κ3) is 4.89. The number of carbonyl (C=O) groups is 1. The topological polar surface area (TPSA) is 91.6 Å². The van der Waals surface area contributed by atoms with Gasteiger partial charge in [-0.05, 0) is 51.8 Å². The van der Waals surface area contributed by atoms with E-state index in [0.29, 0.717) is 25.6 Å². The highest BCUT2D eigenvalue weighted by molar-refractivity contribution is 9.11. The molecular formula is C24H20BrClN4O4S. The lowest BCUT2D eigenvalue weighted by atomic mass is 10.1. The molecule has 0 N–H and O–H groups in total. The number of benzene rings is 2. The van der Waals surface area contributed by atoms with E-state index in [9.17, 15) is 13.2 Å². The molecule has 8 nitrogen and oxygen atoms in total. The summed E-state index contributed by atoms with van der Waals surface area (Å²) < 4.78 is 33.8. The minimum atomic E-state index is -3.89. The predicted molar refractivity (Wildman–Crippen MR) is 137 cm³/mol. The maximum atomic E-state index is 13.2. The highest BCUT2D eigenvalue weighted by Crippen LogP contribution is 2.28. The summed E-state index contributed by atoms with van der Waals surface area (Å²) in [5.74, 6) is 0.286. The van der Waals surface area contributed by atoms with Crippen molar-refractivity contribution in [2.75, 3.05) is 26.3 Å². The second-order valence-corrected chi connectivity index (χ2v) is 11.2. The Bertz CT molecular complexity index is 1430. The number of amides is 1. The van der Waals surface area contributed by atoms with Crippen LogP contribution in [0.3, 0.4) is 0 Å². The Kier molecular flexibility index (Phi) is 6.73. The fourth-order valence-electron chi connectivity index (χ4n) is 3.97. The Morgan fingerprint density at radius 3 is 2.69 bits per heavy atom. The Labute approximate surface area is 216 Å². The molecule has 180 valence electrons. The normalized spacial score (nSPS) is 19.5. The summed E-state index contributed by atoms with van der Waals surface area (Å²) >= 11 is 9.73. The molecule has 0 spiro atoms. The standard InChI is InChI=1S/C24H20BrClN4O4S/c25-18-6-8-22-27-23(19-4-2-1-3-17(19)14-29(22)15-18)28-24(31)16-5-7-20(26)21(13-16)35(32,33)30-9-11-34-12-10-30/h1-8,13,15H,9-12,14H2. The SMILES string of the molecule is O=C(N=C1N=C2C=CC(Br)=CN2Cc2ccccc21)c1ccc(Cl)c(S(=O)(=O)N2CCOCC2)c1. The third-order valence-electron chi connectivity index (χ3n) is 5.76. The zero-order valence-electron chi connectivity index (χ0n) is 18.4. The number of hydrogen-bond acceptors (Lipinski definition) is 5. The van der Waals surface area contributed by atoms with Gasteiger partial charge in [0.15, 0.2) is 5.84 Å². The van der Waals surface area contributed by atoms with Crippen molar-refractivity contribution in [1.82, 2.24) is 9.21 Å². The van der Waals surface area contributed by atoms with E-state index in [1.165, 1.54) is 22.5 Å². The molecule has 0 saturated carbocycles. The van der Waals surface area contributed by atoms with Crippen molar-refractivity contribution in [3.63, 3.8) is 0 Å². The van der Waals surface area contributed by atoms with E-state index in [1.807, 2.05) is 47.5 Å². The lowest BCUT2D eigenvalue weighted by Gasteiger charge is -2.26. The molecule has 0 unspecified atom stereocenters. The van der Waals surface area contributed by atoms with Gasteiger partial charge in [0.25, 0.3) is 5.91 Å². The number of sulfonamides is 1. The van der Waals surface area contributed by atoms with Crippen molar-refractivity contribution in [2.24, 2.45) is 9.98 Å². The van der Waals surface area contributed by atoms with Crippen molar-refractivity contribution in [3.05, 3.63) is 87.0 Å².